The number of para-hydroxylation sites is 1. The predicted octanol–water partition coefficient (Wildman–Crippen LogP) is 1.77. The minimum atomic E-state index is -0.577. The zero-order valence-electron chi connectivity index (χ0n) is 13.2. The van der Waals surface area contributed by atoms with E-state index in [-0.39, 0.29) is 18.3 Å². The van der Waals surface area contributed by atoms with Crippen molar-refractivity contribution in [2.75, 3.05) is 14.2 Å². The van der Waals surface area contributed by atoms with E-state index in [1.165, 1.54) is 15.6 Å². The molecule has 0 fully saturated rings. The lowest BCUT2D eigenvalue weighted by Crippen LogP contribution is -2.30. The highest BCUT2D eigenvalue weighted by molar-refractivity contribution is 5.75. The van der Waals surface area contributed by atoms with Crippen molar-refractivity contribution in [3.63, 3.8) is 0 Å². The number of aromatic nitrogens is 2. The van der Waals surface area contributed by atoms with E-state index in [4.69, 9.17) is 4.74 Å². The topological polar surface area (TPSA) is 90.5 Å². The summed E-state index contributed by atoms with van der Waals surface area (Å²) in [6, 6.07) is 8.78. The second-order valence-corrected chi connectivity index (χ2v) is 5.12. The van der Waals surface area contributed by atoms with E-state index in [0.29, 0.717) is 18.0 Å². The summed E-state index contributed by atoms with van der Waals surface area (Å²) in [5, 5.41) is 14.5. The maximum Gasteiger partial charge on any atom is 0.390 e. The van der Waals surface area contributed by atoms with Crippen LogP contribution >= 0.6 is 0 Å². The van der Waals surface area contributed by atoms with E-state index in [0.717, 1.165) is 5.56 Å². The highest BCUT2D eigenvalue weighted by Crippen LogP contribution is 2.19. The molecule has 1 aromatic heterocycles. The Morgan fingerprint density at radius 1 is 1.43 bits per heavy atom. The number of likely N-dealkylation sites (N-methyl/N-ethyl adjacent to an activating group) is 1. The standard InChI is InChI=1S/C15H18N4O4/c1-11-8-14(19(21)22)16-18(11)10-15(20)17(2)9-12-6-4-5-7-13(12)23-3/h4-8H,9-10H2,1-3H3. The number of nitrogens with zero attached hydrogens (tertiary/aromatic N) is 4. The zero-order valence-corrected chi connectivity index (χ0v) is 13.2. The van der Waals surface area contributed by atoms with E-state index < -0.39 is 4.92 Å². The highest BCUT2D eigenvalue weighted by atomic mass is 16.6. The Hall–Kier alpha value is -2.90. The lowest BCUT2D eigenvalue weighted by atomic mass is 10.2. The summed E-state index contributed by atoms with van der Waals surface area (Å²) in [5.74, 6) is 0.248. The Morgan fingerprint density at radius 3 is 2.74 bits per heavy atom. The molecule has 0 aliphatic heterocycles. The maximum atomic E-state index is 12.3. The van der Waals surface area contributed by atoms with Crippen LogP contribution in [0.15, 0.2) is 30.3 Å². The van der Waals surface area contributed by atoms with E-state index in [1.54, 1.807) is 21.1 Å². The minimum absolute atomic E-state index is 0.0503. The van der Waals surface area contributed by atoms with Crippen molar-refractivity contribution < 1.29 is 14.5 Å². The molecule has 0 aliphatic rings. The Balaban J connectivity index is 2.07. The summed E-state index contributed by atoms with van der Waals surface area (Å²) in [4.78, 5) is 24.0. The fraction of sp³-hybridized carbons (Fsp3) is 0.333. The van der Waals surface area contributed by atoms with Crippen molar-refractivity contribution in [1.82, 2.24) is 14.7 Å². The molecule has 0 saturated carbocycles. The van der Waals surface area contributed by atoms with Crippen molar-refractivity contribution in [2.45, 2.75) is 20.0 Å². The number of hydrogen-bond donors (Lipinski definition) is 0. The lowest BCUT2D eigenvalue weighted by molar-refractivity contribution is -0.389. The lowest BCUT2D eigenvalue weighted by Gasteiger charge is -2.18. The first-order valence-corrected chi connectivity index (χ1v) is 6.97. The van der Waals surface area contributed by atoms with Crippen LogP contribution in [0.3, 0.4) is 0 Å². The Kier molecular flexibility index (Phi) is 4.95. The number of nitro groups is 1. The second-order valence-electron chi connectivity index (χ2n) is 5.12. The summed E-state index contributed by atoms with van der Waals surface area (Å²) in [7, 11) is 3.24. The van der Waals surface area contributed by atoms with Gasteiger partial charge in [0.25, 0.3) is 0 Å². The van der Waals surface area contributed by atoms with E-state index in [1.807, 2.05) is 24.3 Å². The van der Waals surface area contributed by atoms with Gasteiger partial charge in [-0.15, -0.1) is 0 Å². The first kappa shape index (κ1) is 16.5. The number of aryl methyl sites for hydroxylation is 1. The van der Waals surface area contributed by atoms with E-state index in [2.05, 4.69) is 5.10 Å². The number of carbonyl (C=O) groups is 1. The summed E-state index contributed by atoms with van der Waals surface area (Å²) in [6.07, 6.45) is 0. The van der Waals surface area contributed by atoms with Gasteiger partial charge in [-0.2, -0.15) is 4.68 Å². The number of benzene rings is 1. The molecule has 8 heteroatoms. The van der Waals surface area contributed by atoms with Gasteiger partial charge in [0.05, 0.1) is 24.0 Å². The van der Waals surface area contributed by atoms with Crippen molar-refractivity contribution in [3.8, 4) is 5.75 Å². The van der Waals surface area contributed by atoms with Crippen LogP contribution in [-0.4, -0.2) is 39.7 Å². The maximum absolute atomic E-state index is 12.3. The average Bonchev–Trinajstić information content (AvgIpc) is 2.89. The molecule has 8 nitrogen and oxygen atoms in total. The summed E-state index contributed by atoms with van der Waals surface area (Å²) in [6.45, 7) is 2.00. The monoisotopic (exact) mass is 318 g/mol. The molecule has 1 aromatic carbocycles. The number of ether oxygens (including phenoxy) is 1. The van der Waals surface area contributed by atoms with Crippen LogP contribution in [0.1, 0.15) is 11.3 Å². The van der Waals surface area contributed by atoms with Crippen LogP contribution in [0, 0.1) is 17.0 Å². The predicted molar refractivity (Wildman–Crippen MR) is 83.1 cm³/mol. The molecule has 0 unspecified atom stereocenters. The quantitative estimate of drug-likeness (QED) is 0.598. The van der Waals surface area contributed by atoms with Gasteiger partial charge in [-0.25, -0.2) is 0 Å². The number of carbonyl (C=O) groups excluding carboxylic acids is 1. The Labute approximate surface area is 133 Å². The average molecular weight is 318 g/mol. The molecule has 0 aliphatic carbocycles. The molecule has 1 heterocycles. The molecule has 2 rings (SSSR count). The van der Waals surface area contributed by atoms with Crippen molar-refractivity contribution in [3.05, 3.63) is 51.7 Å². The molecule has 0 bridgehead atoms. The first-order valence-electron chi connectivity index (χ1n) is 6.97. The molecule has 2 aromatic rings. The van der Waals surface area contributed by atoms with Crippen molar-refractivity contribution in [1.29, 1.82) is 0 Å². The SMILES string of the molecule is COc1ccccc1CN(C)C(=O)Cn1nc([N+](=O)[O-])cc1C. The molecule has 1 amide bonds. The highest BCUT2D eigenvalue weighted by Gasteiger charge is 2.19. The first-order chi connectivity index (χ1) is 10.9. The fourth-order valence-electron chi connectivity index (χ4n) is 2.17. The third-order valence-corrected chi connectivity index (χ3v) is 3.47. The van der Waals surface area contributed by atoms with Crippen LogP contribution < -0.4 is 4.74 Å². The van der Waals surface area contributed by atoms with Gasteiger partial charge >= 0.3 is 5.82 Å². The molecule has 0 atom stereocenters. The van der Waals surface area contributed by atoms with E-state index in [9.17, 15) is 14.9 Å². The van der Waals surface area contributed by atoms with Crippen LogP contribution in [0.25, 0.3) is 0 Å². The molecule has 122 valence electrons. The molecule has 0 radical (unpaired) electrons. The molecule has 23 heavy (non-hydrogen) atoms. The van der Waals surface area contributed by atoms with Crippen LogP contribution in [0.4, 0.5) is 5.82 Å². The van der Waals surface area contributed by atoms with Gasteiger partial charge in [-0.3, -0.25) is 4.79 Å². The number of methoxy groups -OCH3 is 1. The zero-order chi connectivity index (χ0) is 17.0. The minimum Gasteiger partial charge on any atom is -0.496 e. The summed E-state index contributed by atoms with van der Waals surface area (Å²) in [5.41, 5.74) is 1.45. The molecular formula is C15H18N4O4. The van der Waals surface area contributed by atoms with Gasteiger partial charge in [0.15, 0.2) is 0 Å². The number of hydrogen-bond acceptors (Lipinski definition) is 5. The van der Waals surface area contributed by atoms with Crippen LogP contribution in [0.5, 0.6) is 5.75 Å². The van der Waals surface area contributed by atoms with Crippen molar-refractivity contribution >= 4 is 11.7 Å². The van der Waals surface area contributed by atoms with Gasteiger partial charge in [0, 0.05) is 19.2 Å². The third-order valence-electron chi connectivity index (χ3n) is 3.47. The third kappa shape index (κ3) is 3.85. The van der Waals surface area contributed by atoms with Gasteiger partial charge < -0.3 is 19.8 Å². The smallest absolute Gasteiger partial charge is 0.390 e. The summed E-state index contributed by atoms with van der Waals surface area (Å²) >= 11 is 0. The molecule has 0 N–H and O–H groups in total. The second kappa shape index (κ2) is 6.91. The van der Waals surface area contributed by atoms with Gasteiger partial charge in [-0.05, 0) is 17.9 Å². The van der Waals surface area contributed by atoms with Gasteiger partial charge in [0.1, 0.15) is 12.3 Å². The number of rotatable bonds is 6. The Morgan fingerprint density at radius 2 is 2.13 bits per heavy atom. The number of amides is 1. The normalized spacial score (nSPS) is 10.4. The molecule has 0 saturated heterocycles. The Bertz CT molecular complexity index is 726. The van der Waals surface area contributed by atoms with E-state index >= 15 is 0 Å². The van der Waals surface area contributed by atoms with Gasteiger partial charge in [-0.1, -0.05) is 18.2 Å². The van der Waals surface area contributed by atoms with Gasteiger partial charge in [0.2, 0.25) is 5.91 Å². The fourth-order valence-corrected chi connectivity index (χ4v) is 2.17. The van der Waals surface area contributed by atoms with Crippen LogP contribution in [-0.2, 0) is 17.9 Å². The van der Waals surface area contributed by atoms with Crippen molar-refractivity contribution in [2.24, 2.45) is 0 Å². The molecular weight excluding hydrogens is 300 g/mol. The molecule has 0 spiro atoms. The largest absolute Gasteiger partial charge is 0.496 e. The van der Waals surface area contributed by atoms with Crippen LogP contribution in [0.2, 0.25) is 0 Å². The summed E-state index contributed by atoms with van der Waals surface area (Å²) < 4.78 is 6.60.